The van der Waals surface area contributed by atoms with Crippen molar-refractivity contribution in [2.45, 2.75) is 32.4 Å². The van der Waals surface area contributed by atoms with E-state index in [1.165, 1.54) is 12.1 Å². The molecule has 0 unspecified atom stereocenters. The minimum atomic E-state index is -1.16. The van der Waals surface area contributed by atoms with E-state index >= 15 is 0 Å². The van der Waals surface area contributed by atoms with Crippen LogP contribution in [0.15, 0.2) is 36.4 Å². The van der Waals surface area contributed by atoms with Crippen molar-refractivity contribution in [3.63, 3.8) is 0 Å². The molecular weight excluding hydrogens is 598 g/mol. The van der Waals surface area contributed by atoms with E-state index in [4.69, 9.17) is 0 Å². The van der Waals surface area contributed by atoms with Crippen molar-refractivity contribution in [2.24, 2.45) is 0 Å². The van der Waals surface area contributed by atoms with Crippen LogP contribution in [0.25, 0.3) is 0 Å². The summed E-state index contributed by atoms with van der Waals surface area (Å²) in [7, 11) is 0. The van der Waals surface area contributed by atoms with Gasteiger partial charge in [0.25, 0.3) is 5.91 Å². The smallest absolute Gasteiger partial charge is 0.251 e. The molecule has 0 saturated heterocycles. The summed E-state index contributed by atoms with van der Waals surface area (Å²) in [5.41, 5.74) is -1.24. The number of phenolic OH excluding ortho intramolecular Hbond substituents is 1. The van der Waals surface area contributed by atoms with Gasteiger partial charge in [-0.15, -0.1) is 0 Å². The second-order valence-corrected chi connectivity index (χ2v) is 9.95. The molecular formula is C25H18F5IN2O3. The SMILES string of the molecule is CC1(C)C(=O)N(Cc2c(F)cc(O)cc2F)c2cc(C(=O)NCc3c(F)cc(F)cc3F)cc(I)c21. The summed E-state index contributed by atoms with van der Waals surface area (Å²) in [5, 5.41) is 11.8. The molecule has 0 bridgehead atoms. The number of carbonyl (C=O) groups excluding carboxylic acids is 2. The highest BCUT2D eigenvalue weighted by Gasteiger charge is 2.46. The van der Waals surface area contributed by atoms with E-state index in [0.29, 0.717) is 21.3 Å². The van der Waals surface area contributed by atoms with Gasteiger partial charge in [0.2, 0.25) is 5.91 Å². The molecule has 1 aliphatic rings. The second kappa shape index (κ2) is 9.34. The molecule has 188 valence electrons. The molecule has 3 aromatic rings. The Hall–Kier alpha value is -3.22. The van der Waals surface area contributed by atoms with Crippen molar-refractivity contribution in [3.05, 3.63) is 91.3 Å². The zero-order chi connectivity index (χ0) is 26.5. The lowest BCUT2D eigenvalue weighted by Gasteiger charge is -2.21. The Morgan fingerprint density at radius 1 is 0.944 bits per heavy atom. The molecule has 2 amide bonds. The van der Waals surface area contributed by atoms with Crippen LogP contribution < -0.4 is 10.2 Å². The number of hydrogen-bond acceptors (Lipinski definition) is 3. The lowest BCUT2D eigenvalue weighted by atomic mass is 9.86. The van der Waals surface area contributed by atoms with Gasteiger partial charge in [0, 0.05) is 56.6 Å². The number of anilines is 1. The fourth-order valence-electron chi connectivity index (χ4n) is 4.18. The van der Waals surface area contributed by atoms with Gasteiger partial charge >= 0.3 is 0 Å². The molecule has 0 aliphatic carbocycles. The van der Waals surface area contributed by atoms with E-state index in [1.807, 2.05) is 22.6 Å². The number of phenols is 1. The number of nitrogens with one attached hydrogen (secondary N) is 1. The quantitative estimate of drug-likeness (QED) is 0.296. The Morgan fingerprint density at radius 2 is 1.50 bits per heavy atom. The number of nitrogens with zero attached hydrogens (tertiary/aromatic N) is 1. The zero-order valence-electron chi connectivity index (χ0n) is 18.9. The van der Waals surface area contributed by atoms with Gasteiger partial charge in [-0.25, -0.2) is 22.0 Å². The van der Waals surface area contributed by atoms with Crippen molar-refractivity contribution in [1.82, 2.24) is 5.32 Å². The molecule has 0 aromatic heterocycles. The van der Waals surface area contributed by atoms with Crippen molar-refractivity contribution in [1.29, 1.82) is 0 Å². The predicted octanol–water partition coefficient (Wildman–Crippen LogP) is 5.45. The number of halogens is 6. The summed E-state index contributed by atoms with van der Waals surface area (Å²) >= 11 is 1.93. The molecule has 36 heavy (non-hydrogen) atoms. The average Bonchev–Trinajstić information content (AvgIpc) is 2.95. The maximum atomic E-state index is 14.4. The monoisotopic (exact) mass is 616 g/mol. The summed E-state index contributed by atoms with van der Waals surface area (Å²) in [5.74, 6) is -7.31. The maximum Gasteiger partial charge on any atom is 0.251 e. The van der Waals surface area contributed by atoms with Crippen molar-refractivity contribution >= 4 is 40.1 Å². The standard InChI is InChI=1S/C25H18F5IN2O3/c1-25(2)22-20(31)3-11(23(35)32-9-14-16(27)5-12(26)6-17(14)28)4-21(22)33(24(25)36)10-15-18(29)7-13(34)8-19(15)30/h3-8,34H,9-10H2,1-2H3,(H,32,35). The van der Waals surface area contributed by atoms with E-state index in [2.05, 4.69) is 5.32 Å². The van der Waals surface area contributed by atoms with E-state index in [-0.39, 0.29) is 11.3 Å². The Bertz CT molecular complexity index is 1380. The maximum absolute atomic E-state index is 14.4. The number of benzene rings is 3. The number of aromatic hydroxyl groups is 1. The van der Waals surface area contributed by atoms with Crippen LogP contribution in [0.2, 0.25) is 0 Å². The van der Waals surface area contributed by atoms with Crippen LogP contribution in [0.5, 0.6) is 5.75 Å². The molecule has 3 aromatic carbocycles. The van der Waals surface area contributed by atoms with Crippen molar-refractivity contribution < 1.29 is 36.6 Å². The summed E-state index contributed by atoms with van der Waals surface area (Å²) < 4.78 is 70.3. The van der Waals surface area contributed by atoms with Gasteiger partial charge in [-0.2, -0.15) is 0 Å². The minimum Gasteiger partial charge on any atom is -0.508 e. The van der Waals surface area contributed by atoms with Crippen molar-refractivity contribution in [3.8, 4) is 5.75 Å². The first-order chi connectivity index (χ1) is 16.8. The lowest BCUT2D eigenvalue weighted by Crippen LogP contribution is -2.36. The summed E-state index contributed by atoms with van der Waals surface area (Å²) in [6.07, 6.45) is 0. The number of amides is 2. The Balaban J connectivity index is 1.69. The molecule has 1 heterocycles. The number of fused-ring (bicyclic) bond motifs is 1. The van der Waals surface area contributed by atoms with Crippen LogP contribution >= 0.6 is 22.6 Å². The van der Waals surface area contributed by atoms with Gasteiger partial charge in [-0.05, 0) is 48.6 Å². The van der Waals surface area contributed by atoms with Gasteiger partial charge < -0.3 is 15.3 Å². The molecule has 11 heteroatoms. The zero-order valence-corrected chi connectivity index (χ0v) is 21.0. The highest BCUT2D eigenvalue weighted by molar-refractivity contribution is 14.1. The summed E-state index contributed by atoms with van der Waals surface area (Å²) in [6, 6.07) is 5.28. The Kier molecular flexibility index (Phi) is 6.71. The lowest BCUT2D eigenvalue weighted by molar-refractivity contribution is -0.122. The van der Waals surface area contributed by atoms with E-state index in [1.54, 1.807) is 13.8 Å². The predicted molar refractivity (Wildman–Crippen MR) is 129 cm³/mol. The molecule has 0 spiro atoms. The fraction of sp³-hybridized carbons (Fsp3) is 0.200. The molecule has 1 aliphatic heterocycles. The first-order valence-corrected chi connectivity index (χ1v) is 11.6. The van der Waals surface area contributed by atoms with Crippen LogP contribution in [0.1, 0.15) is 40.9 Å². The normalized spacial score (nSPS) is 14.2. The van der Waals surface area contributed by atoms with Gasteiger partial charge in [0.1, 0.15) is 34.8 Å². The largest absolute Gasteiger partial charge is 0.508 e. The Labute approximate surface area is 216 Å². The summed E-state index contributed by atoms with van der Waals surface area (Å²) in [4.78, 5) is 27.2. The Morgan fingerprint density at radius 3 is 2.08 bits per heavy atom. The van der Waals surface area contributed by atoms with Crippen LogP contribution in [-0.2, 0) is 23.3 Å². The molecule has 2 N–H and O–H groups in total. The molecule has 0 atom stereocenters. The van der Waals surface area contributed by atoms with Gasteiger partial charge in [-0.3, -0.25) is 9.59 Å². The van der Waals surface area contributed by atoms with Crippen LogP contribution in [0.4, 0.5) is 27.6 Å². The molecule has 5 nitrogen and oxygen atoms in total. The third-order valence-corrected chi connectivity index (χ3v) is 6.85. The number of carbonyl (C=O) groups is 2. The second-order valence-electron chi connectivity index (χ2n) is 8.79. The van der Waals surface area contributed by atoms with Gasteiger partial charge in [0.05, 0.1) is 17.6 Å². The number of hydrogen-bond donors (Lipinski definition) is 2. The first-order valence-electron chi connectivity index (χ1n) is 10.6. The number of rotatable bonds is 5. The molecule has 0 radical (unpaired) electrons. The van der Waals surface area contributed by atoms with Crippen LogP contribution in [0.3, 0.4) is 0 Å². The molecule has 0 fully saturated rings. The van der Waals surface area contributed by atoms with Gasteiger partial charge in [0.15, 0.2) is 0 Å². The fourth-order valence-corrected chi connectivity index (χ4v) is 5.46. The van der Waals surface area contributed by atoms with E-state index in [9.17, 15) is 36.6 Å². The molecule has 0 saturated carbocycles. The highest BCUT2D eigenvalue weighted by Crippen LogP contribution is 2.45. The average molecular weight is 616 g/mol. The van der Waals surface area contributed by atoms with E-state index in [0.717, 1.165) is 17.0 Å². The topological polar surface area (TPSA) is 69.6 Å². The van der Waals surface area contributed by atoms with Crippen LogP contribution in [0, 0.1) is 32.7 Å². The van der Waals surface area contributed by atoms with E-state index < -0.39 is 76.3 Å². The third kappa shape index (κ3) is 4.51. The third-order valence-electron chi connectivity index (χ3n) is 6.00. The minimum absolute atomic E-state index is 0.0308. The van der Waals surface area contributed by atoms with Gasteiger partial charge in [-0.1, -0.05) is 0 Å². The van der Waals surface area contributed by atoms with Crippen molar-refractivity contribution in [2.75, 3.05) is 4.90 Å². The summed E-state index contributed by atoms with van der Waals surface area (Å²) in [6.45, 7) is 2.21. The highest BCUT2D eigenvalue weighted by atomic mass is 127. The molecule has 4 rings (SSSR count). The first kappa shape index (κ1) is 25.9. The van der Waals surface area contributed by atoms with Crippen LogP contribution in [-0.4, -0.2) is 16.9 Å².